The second-order valence-corrected chi connectivity index (χ2v) is 5.51. The summed E-state index contributed by atoms with van der Waals surface area (Å²) in [5.74, 6) is -0.779. The first-order valence-corrected chi connectivity index (χ1v) is 6.14. The van der Waals surface area contributed by atoms with Gasteiger partial charge in [0.1, 0.15) is 11.7 Å². The van der Waals surface area contributed by atoms with Crippen LogP contribution in [0.2, 0.25) is 0 Å². The molecular weight excluding hydrogens is 236 g/mol. The maximum absolute atomic E-state index is 11.6. The monoisotopic (exact) mass is 252 g/mol. The molecule has 0 radical (unpaired) electrons. The Morgan fingerprint density at radius 1 is 1.56 bits per heavy atom. The van der Waals surface area contributed by atoms with Crippen molar-refractivity contribution in [2.24, 2.45) is 11.8 Å². The van der Waals surface area contributed by atoms with Gasteiger partial charge in [-0.1, -0.05) is 6.58 Å². The lowest BCUT2D eigenvalue weighted by Crippen LogP contribution is -2.48. The molecule has 0 aromatic carbocycles. The van der Waals surface area contributed by atoms with Crippen molar-refractivity contribution < 1.29 is 23.8 Å². The van der Waals surface area contributed by atoms with E-state index in [1.165, 1.54) is 0 Å². The molecule has 18 heavy (non-hydrogen) atoms. The van der Waals surface area contributed by atoms with Crippen LogP contribution < -0.4 is 0 Å². The fourth-order valence-corrected chi connectivity index (χ4v) is 3.31. The van der Waals surface area contributed by atoms with E-state index in [-0.39, 0.29) is 30.0 Å². The van der Waals surface area contributed by atoms with Gasteiger partial charge >= 0.3 is 11.9 Å². The van der Waals surface area contributed by atoms with E-state index < -0.39 is 11.6 Å². The molecule has 5 nitrogen and oxygen atoms in total. The summed E-state index contributed by atoms with van der Waals surface area (Å²) < 4.78 is 16.4. The summed E-state index contributed by atoms with van der Waals surface area (Å²) in [7, 11) is 0. The summed E-state index contributed by atoms with van der Waals surface area (Å²) in [5.41, 5.74) is -0.233. The molecule has 0 amide bonds. The van der Waals surface area contributed by atoms with Crippen LogP contribution in [0.1, 0.15) is 20.3 Å². The number of hydrogen-bond acceptors (Lipinski definition) is 5. The summed E-state index contributed by atoms with van der Waals surface area (Å²) in [5, 5.41) is 0. The highest BCUT2D eigenvalue weighted by atomic mass is 16.6. The Morgan fingerprint density at radius 3 is 2.94 bits per heavy atom. The third kappa shape index (κ3) is 1.37. The molecule has 0 saturated carbocycles. The third-order valence-electron chi connectivity index (χ3n) is 4.34. The second kappa shape index (κ2) is 3.57. The molecule has 0 N–H and O–H groups in total. The molecule has 98 valence electrons. The van der Waals surface area contributed by atoms with Gasteiger partial charge in [0, 0.05) is 17.9 Å². The van der Waals surface area contributed by atoms with E-state index >= 15 is 0 Å². The van der Waals surface area contributed by atoms with Gasteiger partial charge in [0.05, 0.1) is 18.6 Å². The molecule has 0 aromatic rings. The van der Waals surface area contributed by atoms with Gasteiger partial charge < -0.3 is 14.2 Å². The Balaban J connectivity index is 1.80. The van der Waals surface area contributed by atoms with Gasteiger partial charge in [0.2, 0.25) is 0 Å². The van der Waals surface area contributed by atoms with Crippen LogP contribution in [0.15, 0.2) is 12.2 Å². The van der Waals surface area contributed by atoms with Gasteiger partial charge in [0.25, 0.3) is 0 Å². The first-order valence-electron chi connectivity index (χ1n) is 6.14. The maximum atomic E-state index is 11.6. The number of carbonyl (C=O) groups excluding carboxylic acids is 2. The standard InChI is InChI=1S/C13H16O5/c1-6(2)11(14)17-9-4-8-10-7(5-16-12(10)15)13(9,3)18-8/h7-10H,1,4-5H2,2-3H3. The van der Waals surface area contributed by atoms with Gasteiger partial charge in [-0.25, -0.2) is 4.79 Å². The zero-order chi connectivity index (χ0) is 13.1. The van der Waals surface area contributed by atoms with Crippen molar-refractivity contribution in [3.05, 3.63) is 12.2 Å². The van der Waals surface area contributed by atoms with Crippen LogP contribution >= 0.6 is 0 Å². The predicted octanol–water partition coefficient (Wildman–Crippen LogP) is 0.825. The number of rotatable bonds is 2. The molecule has 0 aromatic heterocycles. The number of esters is 2. The molecule has 3 fully saturated rings. The summed E-state index contributed by atoms with van der Waals surface area (Å²) >= 11 is 0. The van der Waals surface area contributed by atoms with E-state index in [0.717, 1.165) is 0 Å². The van der Waals surface area contributed by atoms with E-state index in [1.807, 2.05) is 6.92 Å². The van der Waals surface area contributed by atoms with E-state index in [0.29, 0.717) is 18.6 Å². The van der Waals surface area contributed by atoms with E-state index in [9.17, 15) is 9.59 Å². The predicted molar refractivity (Wildman–Crippen MR) is 60.5 cm³/mol. The Bertz CT molecular complexity index is 443. The number of fused-ring (bicyclic) bond motifs is 5. The third-order valence-corrected chi connectivity index (χ3v) is 4.34. The molecule has 3 heterocycles. The largest absolute Gasteiger partial charge is 0.465 e. The zero-order valence-electron chi connectivity index (χ0n) is 10.5. The molecule has 5 atom stereocenters. The van der Waals surface area contributed by atoms with Crippen LogP contribution in [0.25, 0.3) is 0 Å². The fraction of sp³-hybridized carbons (Fsp3) is 0.692. The Labute approximate surface area is 105 Å². The van der Waals surface area contributed by atoms with Gasteiger partial charge in [0.15, 0.2) is 0 Å². The molecule has 3 aliphatic heterocycles. The lowest BCUT2D eigenvalue weighted by atomic mass is 9.72. The fourth-order valence-electron chi connectivity index (χ4n) is 3.31. The van der Waals surface area contributed by atoms with E-state index in [4.69, 9.17) is 14.2 Å². The normalized spacial score (nSPS) is 44.7. The summed E-state index contributed by atoms with van der Waals surface area (Å²) in [6.07, 6.45) is 0.0616. The molecule has 3 rings (SSSR count). The maximum Gasteiger partial charge on any atom is 0.333 e. The van der Waals surface area contributed by atoms with Crippen LogP contribution in [-0.4, -0.2) is 36.4 Å². The van der Waals surface area contributed by atoms with Crippen molar-refractivity contribution >= 4 is 11.9 Å². The number of hydrogen-bond donors (Lipinski definition) is 0. The van der Waals surface area contributed by atoms with Gasteiger partial charge in [-0.15, -0.1) is 0 Å². The highest BCUT2D eigenvalue weighted by Gasteiger charge is 2.68. The van der Waals surface area contributed by atoms with Crippen LogP contribution in [0, 0.1) is 11.8 Å². The minimum Gasteiger partial charge on any atom is -0.465 e. The van der Waals surface area contributed by atoms with E-state index in [1.54, 1.807) is 6.92 Å². The lowest BCUT2D eigenvalue weighted by molar-refractivity contribution is -0.156. The summed E-state index contributed by atoms with van der Waals surface area (Å²) in [6, 6.07) is 0. The van der Waals surface area contributed by atoms with Crippen LogP contribution in [-0.2, 0) is 23.8 Å². The average Bonchev–Trinajstić information content (AvgIpc) is 2.89. The molecule has 3 aliphatic rings. The lowest BCUT2D eigenvalue weighted by Gasteiger charge is -2.33. The van der Waals surface area contributed by atoms with Crippen molar-refractivity contribution in [2.45, 2.75) is 38.1 Å². The molecular formula is C13H16O5. The Morgan fingerprint density at radius 2 is 2.28 bits per heavy atom. The Kier molecular flexibility index (Phi) is 2.32. The topological polar surface area (TPSA) is 61.8 Å². The summed E-state index contributed by atoms with van der Waals surface area (Å²) in [6.45, 7) is 7.44. The highest BCUT2D eigenvalue weighted by Crippen LogP contribution is 2.54. The van der Waals surface area contributed by atoms with E-state index in [2.05, 4.69) is 6.58 Å². The number of carbonyl (C=O) groups is 2. The van der Waals surface area contributed by atoms with Crippen molar-refractivity contribution in [3.63, 3.8) is 0 Å². The molecule has 0 spiro atoms. The minimum absolute atomic E-state index is 0.00771. The SMILES string of the molecule is C=C(C)C(=O)OC1CC2OC1(C)C1COC(=O)C21. The van der Waals surface area contributed by atoms with Crippen molar-refractivity contribution in [1.29, 1.82) is 0 Å². The summed E-state index contributed by atoms with van der Waals surface area (Å²) in [4.78, 5) is 23.2. The number of ether oxygens (including phenoxy) is 3. The second-order valence-electron chi connectivity index (χ2n) is 5.51. The Hall–Kier alpha value is -1.36. The van der Waals surface area contributed by atoms with Gasteiger partial charge in [-0.2, -0.15) is 0 Å². The van der Waals surface area contributed by atoms with Crippen molar-refractivity contribution in [1.82, 2.24) is 0 Å². The van der Waals surface area contributed by atoms with Gasteiger partial charge in [-0.05, 0) is 13.8 Å². The number of cyclic esters (lactones) is 1. The molecule has 3 saturated heterocycles. The van der Waals surface area contributed by atoms with Crippen molar-refractivity contribution in [2.75, 3.05) is 6.61 Å². The van der Waals surface area contributed by atoms with Crippen LogP contribution in [0.3, 0.4) is 0 Å². The average molecular weight is 252 g/mol. The molecule has 0 aliphatic carbocycles. The smallest absolute Gasteiger partial charge is 0.333 e. The van der Waals surface area contributed by atoms with Crippen molar-refractivity contribution in [3.8, 4) is 0 Å². The quantitative estimate of drug-likeness (QED) is 0.538. The zero-order valence-corrected chi connectivity index (χ0v) is 10.5. The molecule has 5 unspecified atom stereocenters. The minimum atomic E-state index is -0.605. The van der Waals surface area contributed by atoms with Crippen LogP contribution in [0.5, 0.6) is 0 Å². The first kappa shape index (κ1) is 11.7. The highest BCUT2D eigenvalue weighted by molar-refractivity contribution is 5.87. The van der Waals surface area contributed by atoms with Gasteiger partial charge in [-0.3, -0.25) is 4.79 Å². The molecule has 2 bridgehead atoms. The van der Waals surface area contributed by atoms with Crippen LogP contribution in [0.4, 0.5) is 0 Å². The first-order chi connectivity index (χ1) is 8.43. The molecule has 5 heteroatoms.